The number of carbonyl (C=O) groups is 1. The van der Waals surface area contributed by atoms with E-state index in [1.807, 2.05) is 0 Å². The second-order valence-corrected chi connectivity index (χ2v) is 6.42. The van der Waals surface area contributed by atoms with Crippen LogP contribution in [-0.2, 0) is 0 Å². The van der Waals surface area contributed by atoms with E-state index in [1.165, 1.54) is 0 Å². The van der Waals surface area contributed by atoms with Gasteiger partial charge >= 0.3 is 0 Å². The number of nitrogens with one attached hydrogen (secondary N) is 2. The van der Waals surface area contributed by atoms with Crippen LogP contribution in [0.25, 0.3) is 0 Å². The minimum absolute atomic E-state index is 0. The van der Waals surface area contributed by atoms with Crippen LogP contribution in [0.1, 0.15) is 30.6 Å². The van der Waals surface area contributed by atoms with Gasteiger partial charge in [-0.25, -0.2) is 0 Å². The van der Waals surface area contributed by atoms with Gasteiger partial charge < -0.3 is 10.6 Å². The molecule has 0 spiro atoms. The highest BCUT2D eigenvalue weighted by Gasteiger charge is 2.29. The van der Waals surface area contributed by atoms with Gasteiger partial charge in [0, 0.05) is 21.6 Å². The lowest BCUT2D eigenvalue weighted by Crippen LogP contribution is -2.55. The molecule has 0 bridgehead atoms. The first-order valence-electron chi connectivity index (χ1n) is 6.48. The molecule has 1 fully saturated rings. The predicted octanol–water partition coefficient (Wildman–Crippen LogP) is 3.64. The molecule has 1 aliphatic rings. The first-order valence-corrected chi connectivity index (χ1v) is 7.65. The largest absolute Gasteiger partial charge is 0.347 e. The molecular weight excluding hydrogens is 363 g/mol. The Balaban J connectivity index is 0.00000200. The summed E-state index contributed by atoms with van der Waals surface area (Å²) in [5, 5.41) is 7.07. The molecule has 0 aromatic heterocycles. The monoisotopic (exact) mass is 380 g/mol. The lowest BCUT2D eigenvalue weighted by Gasteiger charge is -2.36. The fourth-order valence-corrected chi connectivity index (χ4v) is 3.10. The van der Waals surface area contributed by atoms with Crippen molar-refractivity contribution in [3.05, 3.63) is 33.3 Å². The van der Waals surface area contributed by atoms with E-state index in [0.717, 1.165) is 17.4 Å². The minimum Gasteiger partial charge on any atom is -0.347 e. The first-order chi connectivity index (χ1) is 8.99. The van der Waals surface area contributed by atoms with Gasteiger partial charge in [-0.05, 0) is 59.9 Å². The molecule has 0 saturated carbocycles. The van der Waals surface area contributed by atoms with Crippen LogP contribution in [0.3, 0.4) is 0 Å². The molecule has 2 N–H and O–H groups in total. The summed E-state index contributed by atoms with van der Waals surface area (Å²) in [5.41, 5.74) is 0.581. The van der Waals surface area contributed by atoms with Crippen molar-refractivity contribution < 1.29 is 4.79 Å². The highest BCUT2D eigenvalue weighted by Crippen LogP contribution is 2.22. The van der Waals surface area contributed by atoms with Crippen LogP contribution in [0, 0.1) is 5.92 Å². The van der Waals surface area contributed by atoms with Gasteiger partial charge in [-0.15, -0.1) is 12.4 Å². The van der Waals surface area contributed by atoms with E-state index in [1.54, 1.807) is 18.2 Å². The number of benzene rings is 1. The third kappa shape index (κ3) is 4.10. The van der Waals surface area contributed by atoms with Crippen LogP contribution >= 0.6 is 39.9 Å². The Morgan fingerprint density at radius 2 is 2.15 bits per heavy atom. The molecule has 2 rings (SSSR count). The molecule has 3 unspecified atom stereocenters. The fourth-order valence-electron chi connectivity index (χ4n) is 2.51. The predicted molar refractivity (Wildman–Crippen MR) is 88.9 cm³/mol. The summed E-state index contributed by atoms with van der Waals surface area (Å²) in [6.07, 6.45) is 1.08. The van der Waals surface area contributed by atoms with Crippen molar-refractivity contribution in [1.29, 1.82) is 0 Å². The molecular formula is C14H19BrCl2N2O. The van der Waals surface area contributed by atoms with Crippen molar-refractivity contribution in [2.45, 2.75) is 32.4 Å². The molecule has 1 aromatic rings. The number of hydrogen-bond acceptors (Lipinski definition) is 2. The Hall–Kier alpha value is -0.290. The smallest absolute Gasteiger partial charge is 0.252 e. The molecule has 0 aliphatic carbocycles. The van der Waals surface area contributed by atoms with E-state index in [0.29, 0.717) is 16.5 Å². The summed E-state index contributed by atoms with van der Waals surface area (Å²) in [7, 11) is 0. The fraction of sp³-hybridized carbons (Fsp3) is 0.500. The first kappa shape index (κ1) is 17.8. The Morgan fingerprint density at radius 1 is 1.45 bits per heavy atom. The molecule has 1 saturated heterocycles. The van der Waals surface area contributed by atoms with Crippen molar-refractivity contribution in [1.82, 2.24) is 10.6 Å². The zero-order valence-electron chi connectivity index (χ0n) is 11.5. The van der Waals surface area contributed by atoms with Crippen molar-refractivity contribution in [2.24, 2.45) is 5.92 Å². The quantitative estimate of drug-likeness (QED) is 0.820. The van der Waals surface area contributed by atoms with Gasteiger partial charge in [-0.3, -0.25) is 4.79 Å². The number of carbonyl (C=O) groups excluding carboxylic acids is 1. The number of piperidine rings is 1. The van der Waals surface area contributed by atoms with Crippen molar-refractivity contribution in [3.63, 3.8) is 0 Å². The Labute approximate surface area is 139 Å². The maximum Gasteiger partial charge on any atom is 0.252 e. The summed E-state index contributed by atoms with van der Waals surface area (Å²) >= 11 is 9.34. The van der Waals surface area contributed by atoms with Gasteiger partial charge in [0.15, 0.2) is 0 Å². The van der Waals surface area contributed by atoms with Crippen molar-refractivity contribution >= 4 is 45.8 Å². The normalized spacial score (nSPS) is 25.7. The number of hydrogen-bond donors (Lipinski definition) is 2. The minimum atomic E-state index is -0.0817. The van der Waals surface area contributed by atoms with Gasteiger partial charge in [0.25, 0.3) is 5.91 Å². The molecule has 3 atom stereocenters. The topological polar surface area (TPSA) is 41.1 Å². The number of rotatable bonds is 2. The Bertz CT molecular complexity index is 474. The lowest BCUT2D eigenvalue weighted by atomic mass is 9.89. The van der Waals surface area contributed by atoms with Gasteiger partial charge in [0.05, 0.1) is 5.56 Å². The number of amides is 1. The summed E-state index contributed by atoms with van der Waals surface area (Å²) in [4.78, 5) is 12.3. The molecule has 1 aromatic carbocycles. The van der Waals surface area contributed by atoms with Crippen molar-refractivity contribution in [2.75, 3.05) is 6.54 Å². The maximum atomic E-state index is 12.3. The van der Waals surface area contributed by atoms with Crippen LogP contribution in [0.4, 0.5) is 0 Å². The van der Waals surface area contributed by atoms with Gasteiger partial charge in [-0.1, -0.05) is 18.5 Å². The third-order valence-electron chi connectivity index (χ3n) is 3.69. The van der Waals surface area contributed by atoms with Gasteiger partial charge in [-0.2, -0.15) is 0 Å². The van der Waals surface area contributed by atoms with Crippen LogP contribution in [-0.4, -0.2) is 24.5 Å². The van der Waals surface area contributed by atoms with Crippen LogP contribution in [0.2, 0.25) is 5.02 Å². The molecule has 1 aliphatic heterocycles. The SMILES string of the molecule is CC1CCNC(C)C1NC(=O)c1cc(Cl)ccc1Br.Cl. The van der Waals surface area contributed by atoms with Crippen molar-refractivity contribution in [3.8, 4) is 0 Å². The molecule has 0 radical (unpaired) electrons. The van der Waals surface area contributed by atoms with E-state index < -0.39 is 0 Å². The highest BCUT2D eigenvalue weighted by molar-refractivity contribution is 9.10. The summed E-state index contributed by atoms with van der Waals surface area (Å²) in [5.74, 6) is 0.389. The molecule has 3 nitrogen and oxygen atoms in total. The molecule has 6 heteroatoms. The Kier molecular flexibility index (Phi) is 6.79. The van der Waals surface area contributed by atoms with Crippen LogP contribution in [0.5, 0.6) is 0 Å². The third-order valence-corrected chi connectivity index (χ3v) is 4.62. The molecule has 112 valence electrons. The summed E-state index contributed by atoms with van der Waals surface area (Å²) < 4.78 is 0.762. The lowest BCUT2D eigenvalue weighted by molar-refractivity contribution is 0.0897. The van der Waals surface area contributed by atoms with Crippen LogP contribution in [0.15, 0.2) is 22.7 Å². The van der Waals surface area contributed by atoms with E-state index in [4.69, 9.17) is 11.6 Å². The molecule has 20 heavy (non-hydrogen) atoms. The standard InChI is InChI=1S/C14H18BrClN2O.ClH/c1-8-5-6-17-9(2)13(8)18-14(19)11-7-10(16)3-4-12(11)15;/h3-4,7-9,13,17H,5-6H2,1-2H3,(H,18,19);1H. The number of halogens is 3. The maximum absolute atomic E-state index is 12.3. The summed E-state index contributed by atoms with van der Waals surface area (Å²) in [6.45, 7) is 5.29. The highest BCUT2D eigenvalue weighted by atomic mass is 79.9. The zero-order valence-corrected chi connectivity index (χ0v) is 14.6. The van der Waals surface area contributed by atoms with E-state index in [9.17, 15) is 4.79 Å². The average molecular weight is 382 g/mol. The molecule has 1 heterocycles. The summed E-state index contributed by atoms with van der Waals surface area (Å²) in [6, 6.07) is 5.67. The molecule has 1 amide bonds. The van der Waals surface area contributed by atoms with E-state index in [2.05, 4.69) is 40.4 Å². The van der Waals surface area contributed by atoms with Gasteiger partial charge in [0.1, 0.15) is 0 Å². The van der Waals surface area contributed by atoms with E-state index in [-0.39, 0.29) is 30.4 Å². The zero-order chi connectivity index (χ0) is 14.0. The van der Waals surface area contributed by atoms with Crippen LogP contribution < -0.4 is 10.6 Å². The van der Waals surface area contributed by atoms with Gasteiger partial charge in [0.2, 0.25) is 0 Å². The Morgan fingerprint density at radius 3 is 2.80 bits per heavy atom. The second-order valence-electron chi connectivity index (χ2n) is 5.13. The van der Waals surface area contributed by atoms with E-state index >= 15 is 0 Å². The average Bonchev–Trinajstić information content (AvgIpc) is 2.37. The second kappa shape index (κ2) is 7.64.